The van der Waals surface area contributed by atoms with E-state index in [2.05, 4.69) is 9.88 Å². The molecule has 7 nitrogen and oxygen atoms in total. The van der Waals surface area contributed by atoms with Crippen LogP contribution in [0.2, 0.25) is 0 Å². The molecule has 31 heavy (non-hydrogen) atoms. The minimum atomic E-state index is -0.0146. The van der Waals surface area contributed by atoms with Gasteiger partial charge in [0.25, 0.3) is 5.91 Å². The van der Waals surface area contributed by atoms with E-state index in [1.807, 2.05) is 62.0 Å². The molecule has 0 unspecified atom stereocenters. The van der Waals surface area contributed by atoms with Crippen molar-refractivity contribution in [3.63, 3.8) is 0 Å². The number of hydrogen-bond donors (Lipinski definition) is 0. The van der Waals surface area contributed by atoms with E-state index in [0.29, 0.717) is 16.6 Å². The first-order chi connectivity index (χ1) is 15.0. The summed E-state index contributed by atoms with van der Waals surface area (Å²) in [5.74, 6) is 0.782. The number of thioether (sulfide) groups is 2. The Kier molecular flexibility index (Phi) is 4.94. The average molecular weight is 452 g/mol. The number of aliphatic imine (C=N–C) groups is 1. The molecule has 2 aromatic carbocycles. The summed E-state index contributed by atoms with van der Waals surface area (Å²) in [5.41, 5.74) is 3.75. The molecule has 0 bridgehead atoms. The molecule has 2 aliphatic heterocycles. The number of carbonyl (C=O) groups excluding carboxylic acids is 1. The molecule has 9 heteroatoms. The van der Waals surface area contributed by atoms with E-state index in [4.69, 9.17) is 9.73 Å². The first-order valence-electron chi connectivity index (χ1n) is 9.83. The number of imidazole rings is 1. The monoisotopic (exact) mass is 451 g/mol. The summed E-state index contributed by atoms with van der Waals surface area (Å²) in [6.45, 7) is 2.52. The highest BCUT2D eigenvalue weighted by Gasteiger charge is 2.38. The SMILES string of the molecule is CCN1C(=O)C(=C2Sc3ccc(OC)cc3N2C)SC1=Nc1ccc2c(c1)ncn2C. The largest absolute Gasteiger partial charge is 0.497 e. The third-order valence-corrected chi connectivity index (χ3v) is 7.78. The number of fused-ring (bicyclic) bond motifs is 2. The summed E-state index contributed by atoms with van der Waals surface area (Å²) in [6.07, 6.45) is 1.79. The minimum absolute atomic E-state index is 0.0146. The number of rotatable bonds is 3. The van der Waals surface area contributed by atoms with Crippen molar-refractivity contribution < 1.29 is 9.53 Å². The van der Waals surface area contributed by atoms with E-state index in [-0.39, 0.29) is 5.91 Å². The lowest BCUT2D eigenvalue weighted by molar-refractivity contribution is -0.122. The lowest BCUT2D eigenvalue weighted by atomic mass is 10.3. The highest BCUT2D eigenvalue weighted by Crippen LogP contribution is 2.51. The zero-order valence-corrected chi connectivity index (χ0v) is 19.3. The fraction of sp³-hybridized carbons (Fsp3) is 0.227. The van der Waals surface area contributed by atoms with Gasteiger partial charge in [0, 0.05) is 31.6 Å². The van der Waals surface area contributed by atoms with Crippen molar-refractivity contribution >= 4 is 57.0 Å². The van der Waals surface area contributed by atoms with Gasteiger partial charge < -0.3 is 14.2 Å². The van der Waals surface area contributed by atoms with E-state index in [1.54, 1.807) is 30.1 Å². The molecule has 0 aliphatic carbocycles. The fourth-order valence-corrected chi connectivity index (χ4v) is 6.04. The van der Waals surface area contributed by atoms with Crippen LogP contribution in [0.5, 0.6) is 5.75 Å². The number of carbonyl (C=O) groups is 1. The molecule has 3 aromatic rings. The van der Waals surface area contributed by atoms with Gasteiger partial charge >= 0.3 is 0 Å². The Labute approximate surface area is 188 Å². The minimum Gasteiger partial charge on any atom is -0.497 e. The Morgan fingerprint density at radius 3 is 2.74 bits per heavy atom. The topological polar surface area (TPSA) is 63.0 Å². The number of methoxy groups -OCH3 is 1. The van der Waals surface area contributed by atoms with Gasteiger partial charge in [0.15, 0.2) is 5.17 Å². The van der Waals surface area contributed by atoms with Gasteiger partial charge in [-0.05, 0) is 49.0 Å². The maximum atomic E-state index is 13.2. The van der Waals surface area contributed by atoms with Gasteiger partial charge in [0.1, 0.15) is 10.7 Å². The van der Waals surface area contributed by atoms with Gasteiger partial charge in [0.05, 0.1) is 40.9 Å². The Balaban J connectivity index is 1.52. The van der Waals surface area contributed by atoms with Crippen molar-refractivity contribution in [2.75, 3.05) is 25.6 Å². The quantitative estimate of drug-likeness (QED) is 0.544. The van der Waals surface area contributed by atoms with Gasteiger partial charge in [0.2, 0.25) is 0 Å². The predicted molar refractivity (Wildman–Crippen MR) is 127 cm³/mol. The number of nitrogens with zero attached hydrogens (tertiary/aromatic N) is 5. The van der Waals surface area contributed by atoms with Crippen LogP contribution in [-0.4, -0.2) is 46.2 Å². The molecular formula is C22H21N5O2S2. The molecule has 3 heterocycles. The van der Waals surface area contributed by atoms with Crippen molar-refractivity contribution in [2.45, 2.75) is 11.8 Å². The smallest absolute Gasteiger partial charge is 0.269 e. The Morgan fingerprint density at radius 2 is 1.97 bits per heavy atom. The van der Waals surface area contributed by atoms with Gasteiger partial charge in [-0.3, -0.25) is 9.69 Å². The summed E-state index contributed by atoms with van der Waals surface area (Å²) in [4.78, 5) is 28.0. The predicted octanol–water partition coefficient (Wildman–Crippen LogP) is 4.58. The molecule has 0 spiro atoms. The van der Waals surface area contributed by atoms with Crippen molar-refractivity contribution in [1.82, 2.24) is 14.5 Å². The molecule has 158 valence electrons. The van der Waals surface area contributed by atoms with E-state index >= 15 is 0 Å². The summed E-state index contributed by atoms with van der Waals surface area (Å²) in [7, 11) is 5.60. The first kappa shape index (κ1) is 20.0. The number of aromatic nitrogens is 2. The zero-order valence-electron chi connectivity index (χ0n) is 17.6. The Bertz CT molecular complexity index is 1280. The highest BCUT2D eigenvalue weighted by molar-refractivity contribution is 8.19. The molecule has 5 rings (SSSR count). The van der Waals surface area contributed by atoms with Crippen LogP contribution in [0.4, 0.5) is 11.4 Å². The number of benzene rings is 2. The summed E-state index contributed by atoms with van der Waals surface area (Å²) in [5, 5.41) is 1.61. The maximum Gasteiger partial charge on any atom is 0.269 e. The first-order valence-corrected chi connectivity index (χ1v) is 11.5. The number of aryl methyl sites for hydroxylation is 1. The van der Waals surface area contributed by atoms with E-state index < -0.39 is 0 Å². The van der Waals surface area contributed by atoms with Crippen LogP contribution in [0, 0.1) is 0 Å². The third kappa shape index (κ3) is 3.28. The lowest BCUT2D eigenvalue weighted by Crippen LogP contribution is -2.29. The zero-order chi connectivity index (χ0) is 21.7. The molecule has 0 atom stereocenters. The standard InChI is InChI=1S/C22H21N5O2S2/c1-5-27-20(28)19(21-26(3)17-11-14(29-4)7-9-18(17)30-21)31-22(27)24-13-6-8-16-15(10-13)23-12-25(16)2/h6-12H,5H2,1-4H3. The third-order valence-electron chi connectivity index (χ3n) is 5.35. The van der Waals surface area contributed by atoms with Gasteiger partial charge in [-0.25, -0.2) is 9.98 Å². The number of amidine groups is 1. The Morgan fingerprint density at radius 1 is 1.13 bits per heavy atom. The van der Waals surface area contributed by atoms with Crippen LogP contribution in [0.1, 0.15) is 6.92 Å². The maximum absolute atomic E-state index is 13.2. The summed E-state index contributed by atoms with van der Waals surface area (Å²) < 4.78 is 7.33. The molecule has 0 radical (unpaired) electrons. The fourth-order valence-electron chi connectivity index (χ4n) is 3.65. The van der Waals surface area contributed by atoms with Gasteiger partial charge in [-0.2, -0.15) is 0 Å². The molecule has 1 amide bonds. The lowest BCUT2D eigenvalue weighted by Gasteiger charge is -2.15. The molecule has 0 saturated carbocycles. The molecule has 2 aliphatic rings. The normalized spacial score (nSPS) is 19.7. The van der Waals surface area contributed by atoms with Crippen LogP contribution in [0.15, 0.2) is 62.5 Å². The van der Waals surface area contributed by atoms with Crippen molar-refractivity contribution in [2.24, 2.45) is 12.0 Å². The molecule has 1 aromatic heterocycles. The molecule has 0 N–H and O–H groups in total. The van der Waals surface area contributed by atoms with Crippen LogP contribution in [0.3, 0.4) is 0 Å². The number of amides is 1. The second kappa shape index (κ2) is 7.65. The van der Waals surface area contributed by atoms with Crippen LogP contribution in [-0.2, 0) is 11.8 Å². The van der Waals surface area contributed by atoms with Crippen LogP contribution in [0.25, 0.3) is 11.0 Å². The Hall–Kier alpha value is -2.91. The van der Waals surface area contributed by atoms with E-state index in [9.17, 15) is 4.79 Å². The summed E-state index contributed by atoms with van der Waals surface area (Å²) in [6, 6.07) is 11.9. The number of hydrogen-bond acceptors (Lipinski definition) is 7. The second-order valence-corrected chi connectivity index (χ2v) is 9.21. The van der Waals surface area contributed by atoms with Crippen molar-refractivity contribution in [1.29, 1.82) is 0 Å². The average Bonchev–Trinajstić information content (AvgIpc) is 3.41. The van der Waals surface area contributed by atoms with E-state index in [0.717, 1.165) is 38.1 Å². The molecule has 1 fully saturated rings. The molecular weight excluding hydrogens is 430 g/mol. The van der Waals surface area contributed by atoms with E-state index in [1.165, 1.54) is 11.8 Å². The number of anilines is 1. The molecule has 1 saturated heterocycles. The van der Waals surface area contributed by atoms with Crippen LogP contribution < -0.4 is 9.64 Å². The van der Waals surface area contributed by atoms with Crippen molar-refractivity contribution in [3.05, 3.63) is 52.7 Å². The van der Waals surface area contributed by atoms with Crippen LogP contribution >= 0.6 is 23.5 Å². The van der Waals surface area contributed by atoms with Crippen molar-refractivity contribution in [3.8, 4) is 5.75 Å². The van der Waals surface area contributed by atoms with Gasteiger partial charge in [-0.15, -0.1) is 0 Å². The number of likely N-dealkylation sites (N-methyl/N-ethyl adjacent to an activating group) is 1. The number of ether oxygens (including phenoxy) is 1. The highest BCUT2D eigenvalue weighted by atomic mass is 32.2. The second-order valence-electron chi connectivity index (χ2n) is 7.20. The van der Waals surface area contributed by atoms with Gasteiger partial charge in [-0.1, -0.05) is 11.8 Å². The summed E-state index contributed by atoms with van der Waals surface area (Å²) >= 11 is 3.03.